The zero-order valence-electron chi connectivity index (χ0n) is 17.6. The first-order valence-electron chi connectivity index (χ1n) is 9.99. The number of hydrogen-bond acceptors (Lipinski definition) is 3. The number of imidazole rings is 1. The lowest BCUT2D eigenvalue weighted by Gasteiger charge is -2.25. The summed E-state index contributed by atoms with van der Waals surface area (Å²) < 4.78 is 15.3. The third kappa shape index (κ3) is 5.30. The number of carbonyl (C=O) groups is 2. The van der Waals surface area contributed by atoms with E-state index in [2.05, 4.69) is 10.3 Å². The molecule has 162 valence electrons. The standard InChI is InChI=1S/C23H24ClFN4O2/c1-4-22(31)28(15(2)3)14-21(30)27-23-26-20(16-8-6-5-7-9-16)13-29(23)17-10-11-19(25)18(24)12-17/h5-13,15H,4,14H2,1-3H3,(H,26,27,30). The summed E-state index contributed by atoms with van der Waals surface area (Å²) in [5, 5.41) is 2.74. The van der Waals surface area contributed by atoms with Gasteiger partial charge in [-0.05, 0) is 32.0 Å². The van der Waals surface area contributed by atoms with Crippen LogP contribution in [0.5, 0.6) is 0 Å². The summed E-state index contributed by atoms with van der Waals surface area (Å²) in [7, 11) is 0. The Morgan fingerprint density at radius 3 is 2.52 bits per heavy atom. The third-order valence-corrected chi connectivity index (χ3v) is 5.06. The van der Waals surface area contributed by atoms with Crippen molar-refractivity contribution in [2.24, 2.45) is 0 Å². The number of amides is 2. The molecule has 2 amide bonds. The molecule has 0 unspecified atom stereocenters. The summed E-state index contributed by atoms with van der Waals surface area (Å²) in [5.74, 6) is -0.775. The van der Waals surface area contributed by atoms with E-state index < -0.39 is 5.82 Å². The largest absolute Gasteiger partial charge is 0.331 e. The van der Waals surface area contributed by atoms with Crippen molar-refractivity contribution in [2.75, 3.05) is 11.9 Å². The Kier molecular flexibility index (Phi) is 7.07. The van der Waals surface area contributed by atoms with Crippen molar-refractivity contribution >= 4 is 29.4 Å². The fourth-order valence-electron chi connectivity index (χ4n) is 3.13. The molecule has 31 heavy (non-hydrogen) atoms. The van der Waals surface area contributed by atoms with Crippen molar-refractivity contribution in [3.63, 3.8) is 0 Å². The highest BCUT2D eigenvalue weighted by atomic mass is 35.5. The molecule has 0 aliphatic rings. The maximum Gasteiger partial charge on any atom is 0.246 e. The first kappa shape index (κ1) is 22.5. The second kappa shape index (κ2) is 9.75. The van der Waals surface area contributed by atoms with Gasteiger partial charge in [0.1, 0.15) is 12.4 Å². The summed E-state index contributed by atoms with van der Waals surface area (Å²) in [6.45, 7) is 5.38. The van der Waals surface area contributed by atoms with Crippen LogP contribution in [0.15, 0.2) is 54.7 Å². The third-order valence-electron chi connectivity index (χ3n) is 4.77. The zero-order chi connectivity index (χ0) is 22.5. The van der Waals surface area contributed by atoms with Crippen LogP contribution < -0.4 is 5.32 Å². The van der Waals surface area contributed by atoms with Gasteiger partial charge in [0.25, 0.3) is 0 Å². The van der Waals surface area contributed by atoms with E-state index in [-0.39, 0.29) is 35.4 Å². The average Bonchev–Trinajstić information content (AvgIpc) is 3.17. The summed E-state index contributed by atoms with van der Waals surface area (Å²) in [6.07, 6.45) is 2.05. The molecular formula is C23H24ClFN4O2. The average molecular weight is 443 g/mol. The van der Waals surface area contributed by atoms with E-state index in [1.165, 1.54) is 17.0 Å². The first-order valence-corrected chi connectivity index (χ1v) is 10.4. The molecule has 1 heterocycles. The fraction of sp³-hybridized carbons (Fsp3) is 0.261. The molecule has 6 nitrogen and oxygen atoms in total. The van der Waals surface area contributed by atoms with Crippen LogP contribution in [0.25, 0.3) is 16.9 Å². The van der Waals surface area contributed by atoms with Crippen molar-refractivity contribution in [1.29, 1.82) is 0 Å². The lowest BCUT2D eigenvalue weighted by Crippen LogP contribution is -2.42. The van der Waals surface area contributed by atoms with E-state index >= 15 is 0 Å². The molecule has 0 aliphatic carbocycles. The molecule has 3 aromatic rings. The Bertz CT molecular complexity index is 1080. The number of nitrogens with one attached hydrogen (secondary N) is 1. The molecule has 0 fully saturated rings. The van der Waals surface area contributed by atoms with Crippen LogP contribution >= 0.6 is 11.6 Å². The molecule has 0 spiro atoms. The Morgan fingerprint density at radius 1 is 1.19 bits per heavy atom. The van der Waals surface area contributed by atoms with Crippen LogP contribution in [0.3, 0.4) is 0 Å². The normalized spacial score (nSPS) is 10.9. The van der Waals surface area contributed by atoms with E-state index in [9.17, 15) is 14.0 Å². The van der Waals surface area contributed by atoms with Crippen molar-refractivity contribution in [3.05, 3.63) is 65.6 Å². The predicted octanol–water partition coefficient (Wildman–Crippen LogP) is 4.92. The van der Waals surface area contributed by atoms with E-state index in [4.69, 9.17) is 11.6 Å². The van der Waals surface area contributed by atoms with E-state index in [1.807, 2.05) is 44.2 Å². The lowest BCUT2D eigenvalue weighted by atomic mass is 10.2. The minimum absolute atomic E-state index is 0.0377. The topological polar surface area (TPSA) is 67.2 Å². The summed E-state index contributed by atoms with van der Waals surface area (Å²) in [4.78, 5) is 31.0. The second-order valence-electron chi connectivity index (χ2n) is 7.30. The number of anilines is 1. The Hall–Kier alpha value is -3.19. The number of aromatic nitrogens is 2. The number of carbonyl (C=O) groups excluding carboxylic acids is 2. The van der Waals surface area contributed by atoms with Crippen molar-refractivity contribution < 1.29 is 14.0 Å². The fourth-order valence-corrected chi connectivity index (χ4v) is 3.30. The van der Waals surface area contributed by atoms with Gasteiger partial charge in [-0.25, -0.2) is 9.37 Å². The minimum Gasteiger partial charge on any atom is -0.331 e. The van der Waals surface area contributed by atoms with E-state index in [1.54, 1.807) is 23.8 Å². The number of rotatable bonds is 7. The maximum absolute atomic E-state index is 13.7. The Labute approximate surface area is 185 Å². The van der Waals surface area contributed by atoms with Crippen LogP contribution in [0.2, 0.25) is 5.02 Å². The second-order valence-corrected chi connectivity index (χ2v) is 7.71. The lowest BCUT2D eigenvalue weighted by molar-refractivity contribution is -0.136. The number of nitrogens with zero attached hydrogens (tertiary/aromatic N) is 3. The molecule has 0 bridgehead atoms. The van der Waals surface area contributed by atoms with Gasteiger partial charge in [0.05, 0.1) is 16.4 Å². The zero-order valence-corrected chi connectivity index (χ0v) is 18.4. The highest BCUT2D eigenvalue weighted by Crippen LogP contribution is 2.26. The predicted molar refractivity (Wildman–Crippen MR) is 120 cm³/mol. The quantitative estimate of drug-likeness (QED) is 0.564. The number of hydrogen-bond donors (Lipinski definition) is 1. The summed E-state index contributed by atoms with van der Waals surface area (Å²) >= 11 is 5.96. The van der Waals surface area contributed by atoms with Crippen LogP contribution in [-0.4, -0.2) is 38.9 Å². The van der Waals surface area contributed by atoms with Crippen LogP contribution in [-0.2, 0) is 9.59 Å². The highest BCUT2D eigenvalue weighted by Gasteiger charge is 2.21. The molecule has 2 aromatic carbocycles. The summed E-state index contributed by atoms with van der Waals surface area (Å²) in [5.41, 5.74) is 2.03. The molecule has 0 aliphatic heterocycles. The van der Waals surface area contributed by atoms with Crippen LogP contribution in [0.1, 0.15) is 27.2 Å². The van der Waals surface area contributed by atoms with Crippen molar-refractivity contribution in [3.8, 4) is 16.9 Å². The molecule has 8 heteroatoms. The van der Waals surface area contributed by atoms with E-state index in [0.717, 1.165) is 5.56 Å². The molecular weight excluding hydrogens is 419 g/mol. The molecule has 0 atom stereocenters. The van der Waals surface area contributed by atoms with Crippen molar-refractivity contribution in [2.45, 2.75) is 33.2 Å². The van der Waals surface area contributed by atoms with Gasteiger partial charge in [0.2, 0.25) is 17.8 Å². The van der Waals surface area contributed by atoms with Gasteiger partial charge >= 0.3 is 0 Å². The number of halogens is 2. The SMILES string of the molecule is CCC(=O)N(CC(=O)Nc1nc(-c2ccccc2)cn1-c1ccc(F)c(Cl)c1)C(C)C. The molecule has 1 N–H and O–H groups in total. The van der Waals surface area contributed by atoms with Crippen molar-refractivity contribution in [1.82, 2.24) is 14.5 Å². The van der Waals surface area contributed by atoms with Gasteiger partial charge in [-0.3, -0.25) is 19.5 Å². The first-order chi connectivity index (χ1) is 14.8. The van der Waals surface area contributed by atoms with Gasteiger partial charge in [-0.2, -0.15) is 0 Å². The van der Waals surface area contributed by atoms with Gasteiger partial charge in [-0.15, -0.1) is 0 Å². The summed E-state index contributed by atoms with van der Waals surface area (Å²) in [6, 6.07) is 13.6. The van der Waals surface area contributed by atoms with Gasteiger partial charge in [0.15, 0.2) is 0 Å². The molecule has 0 saturated carbocycles. The molecule has 0 saturated heterocycles. The van der Waals surface area contributed by atoms with Gasteiger partial charge in [0, 0.05) is 24.2 Å². The van der Waals surface area contributed by atoms with Crippen LogP contribution in [0.4, 0.5) is 10.3 Å². The van der Waals surface area contributed by atoms with E-state index in [0.29, 0.717) is 17.8 Å². The maximum atomic E-state index is 13.7. The monoisotopic (exact) mass is 442 g/mol. The molecule has 0 radical (unpaired) electrons. The van der Waals surface area contributed by atoms with Crippen LogP contribution in [0, 0.1) is 5.82 Å². The van der Waals surface area contributed by atoms with Gasteiger partial charge in [-0.1, -0.05) is 48.9 Å². The highest BCUT2D eigenvalue weighted by molar-refractivity contribution is 6.30. The van der Waals surface area contributed by atoms with Gasteiger partial charge < -0.3 is 4.90 Å². The smallest absolute Gasteiger partial charge is 0.246 e. The number of benzene rings is 2. The Balaban J connectivity index is 1.96. The minimum atomic E-state index is -0.537. The Morgan fingerprint density at radius 2 is 1.90 bits per heavy atom. The molecule has 3 rings (SSSR count). The molecule has 1 aromatic heterocycles.